The van der Waals surface area contributed by atoms with Crippen molar-refractivity contribution < 1.29 is 50.1 Å². The van der Waals surface area contributed by atoms with E-state index in [1.54, 1.807) is 90.6 Å². The van der Waals surface area contributed by atoms with Gasteiger partial charge in [-0.1, -0.05) is 88.7 Å². The van der Waals surface area contributed by atoms with Crippen LogP contribution in [0.1, 0.15) is 68.7 Å². The molecule has 83 heavy (non-hydrogen) atoms. The van der Waals surface area contributed by atoms with E-state index in [4.69, 9.17) is 18.9 Å². The number of rotatable bonds is 16. The van der Waals surface area contributed by atoms with E-state index in [0.29, 0.717) is 65.6 Å². The van der Waals surface area contributed by atoms with Crippen LogP contribution < -0.4 is 24.4 Å². The van der Waals surface area contributed by atoms with E-state index in [9.17, 15) is 26.4 Å². The van der Waals surface area contributed by atoms with Crippen LogP contribution in [0.25, 0.3) is 21.5 Å². The molecule has 0 atom stereocenters. The first kappa shape index (κ1) is 61.7. The van der Waals surface area contributed by atoms with Gasteiger partial charge in [0.1, 0.15) is 17.2 Å². The van der Waals surface area contributed by atoms with E-state index >= 15 is 0 Å². The Morgan fingerprint density at radius 1 is 0.518 bits per heavy atom. The molecule has 18 heteroatoms. The van der Waals surface area contributed by atoms with Gasteiger partial charge in [-0.15, -0.1) is 0 Å². The van der Waals surface area contributed by atoms with Gasteiger partial charge in [-0.3, -0.25) is 0 Å². The summed E-state index contributed by atoms with van der Waals surface area (Å²) < 4.78 is 87.0. The number of esters is 2. The molecular weight excluding hydrogens is 1160 g/mol. The maximum absolute atomic E-state index is 14.4. The maximum Gasteiger partial charge on any atom is 0.337 e. The molecule has 2 saturated heterocycles. The molecule has 8 aromatic rings. The number of carbonyl (C=O) groups is 2. The van der Waals surface area contributed by atoms with Crippen molar-refractivity contribution in [2.75, 3.05) is 66.6 Å². The lowest BCUT2D eigenvalue weighted by Crippen LogP contribution is -2.47. The summed E-state index contributed by atoms with van der Waals surface area (Å²) in [5.41, 5.74) is 5.65. The van der Waals surface area contributed by atoms with Gasteiger partial charge >= 0.3 is 11.9 Å². The van der Waals surface area contributed by atoms with Crippen molar-refractivity contribution in [2.45, 2.75) is 74.5 Å². The molecule has 2 fully saturated rings. The highest BCUT2D eigenvalue weighted by atomic mass is 79.9. The molecule has 2 heterocycles. The number of piperidine rings is 2. The first-order valence-electron chi connectivity index (χ1n) is 27.3. The van der Waals surface area contributed by atoms with E-state index in [-0.39, 0.29) is 35.5 Å². The third-order valence-corrected chi connectivity index (χ3v) is 19.3. The number of benzene rings is 8. The molecule has 436 valence electrons. The van der Waals surface area contributed by atoms with Gasteiger partial charge in [0, 0.05) is 54.0 Å². The Balaban J connectivity index is 0.000000190. The summed E-state index contributed by atoms with van der Waals surface area (Å²) in [6.45, 7) is 7.32. The Bertz CT molecular complexity index is 3730. The molecule has 0 bridgehead atoms. The second kappa shape index (κ2) is 28.3. The minimum absolute atomic E-state index is 0.0475. The lowest BCUT2D eigenvalue weighted by atomic mass is 10.0. The van der Waals surface area contributed by atoms with Crippen LogP contribution in [0.5, 0.6) is 17.2 Å². The predicted octanol–water partition coefficient (Wildman–Crippen LogP) is 12.1. The molecule has 0 radical (unpaired) electrons. The number of nitrogens with zero attached hydrogens (tertiary/aromatic N) is 3. The van der Waals surface area contributed by atoms with Gasteiger partial charge in [-0.2, -0.15) is 8.61 Å². The number of hydrogen-bond donors (Lipinski definition) is 1. The molecule has 8 aromatic carbocycles. The standard InChI is InChI=1S/C33H36N2O6S.C24H28N2O3S.C8H7BrO2/c1-23-19-31(39-2)30(32(20-23)40-3)22-35(42(37,38)29-14-11-24-7-5-6-8-26(24)21-29)28-15-17-34(18-16-28)27-12-9-25(10-13-27)33(36)41-4;1-18-7-8-21(24(15-18)29-2)17-26(22-11-13-25-14-12-22)30(27,28)23-10-9-19-5-3-4-6-20(19)16-23;1-11-8(10)6-2-4-7(9)5-3-6/h5-14,19-21,28H,15-18,22H2,1-4H3;3-10,15-16,22,25H,11-14,17H2,1-2H3;2-5H,1H3. The molecule has 2 aliphatic heterocycles. The molecule has 15 nitrogen and oxygen atoms in total. The number of fused-ring (bicyclic) bond motifs is 2. The highest BCUT2D eigenvalue weighted by Gasteiger charge is 2.37. The van der Waals surface area contributed by atoms with Crippen molar-refractivity contribution in [3.05, 3.63) is 202 Å². The Labute approximate surface area is 496 Å². The number of methoxy groups -OCH3 is 5. The van der Waals surface area contributed by atoms with Gasteiger partial charge in [-0.25, -0.2) is 26.4 Å². The lowest BCUT2D eigenvalue weighted by Gasteiger charge is -2.39. The van der Waals surface area contributed by atoms with Gasteiger partial charge in [-0.05, 0) is 176 Å². The van der Waals surface area contributed by atoms with Crippen LogP contribution >= 0.6 is 15.9 Å². The highest BCUT2D eigenvalue weighted by molar-refractivity contribution is 9.10. The Kier molecular flexibility index (Phi) is 21.1. The van der Waals surface area contributed by atoms with E-state index in [1.165, 1.54) is 14.2 Å². The van der Waals surface area contributed by atoms with Gasteiger partial charge < -0.3 is 33.9 Å². The van der Waals surface area contributed by atoms with Crippen molar-refractivity contribution in [3.63, 3.8) is 0 Å². The molecule has 0 unspecified atom stereocenters. The summed E-state index contributed by atoms with van der Waals surface area (Å²) in [6, 6.07) is 50.0. The van der Waals surface area contributed by atoms with Crippen LogP contribution in [0.2, 0.25) is 0 Å². The molecule has 0 spiro atoms. The maximum atomic E-state index is 14.4. The Hall–Kier alpha value is -7.32. The van der Waals surface area contributed by atoms with Crippen LogP contribution in [-0.2, 0) is 42.6 Å². The van der Waals surface area contributed by atoms with Crippen LogP contribution in [0, 0.1) is 13.8 Å². The molecule has 0 amide bonds. The second-order valence-electron chi connectivity index (χ2n) is 20.3. The molecule has 2 aliphatic rings. The summed E-state index contributed by atoms with van der Waals surface area (Å²) in [4.78, 5) is 25.5. The van der Waals surface area contributed by atoms with E-state index in [1.807, 2.05) is 117 Å². The number of sulfonamides is 2. The van der Waals surface area contributed by atoms with Crippen LogP contribution in [-0.4, -0.2) is 111 Å². The van der Waals surface area contributed by atoms with E-state index in [2.05, 4.69) is 30.9 Å². The quantitative estimate of drug-likeness (QED) is 0.0908. The monoisotopic (exact) mass is 1230 g/mol. The smallest absolute Gasteiger partial charge is 0.337 e. The van der Waals surface area contributed by atoms with Crippen molar-refractivity contribution in [1.29, 1.82) is 0 Å². The first-order valence-corrected chi connectivity index (χ1v) is 31.0. The summed E-state index contributed by atoms with van der Waals surface area (Å²) in [5, 5.41) is 7.15. The summed E-state index contributed by atoms with van der Waals surface area (Å²) >= 11 is 3.26. The topological polar surface area (TPSA) is 170 Å². The van der Waals surface area contributed by atoms with Crippen molar-refractivity contribution in [3.8, 4) is 17.2 Å². The van der Waals surface area contributed by atoms with Crippen molar-refractivity contribution in [2.24, 2.45) is 0 Å². The minimum Gasteiger partial charge on any atom is -0.496 e. The fraction of sp³-hybridized carbons (Fsp3) is 0.292. The Morgan fingerprint density at radius 2 is 0.964 bits per heavy atom. The number of nitrogens with one attached hydrogen (secondary N) is 1. The first-order chi connectivity index (χ1) is 40.0. The summed E-state index contributed by atoms with van der Waals surface area (Å²) in [6.07, 6.45) is 2.84. The lowest BCUT2D eigenvalue weighted by molar-refractivity contribution is 0.0592. The fourth-order valence-electron chi connectivity index (χ4n) is 10.5. The highest BCUT2D eigenvalue weighted by Crippen LogP contribution is 2.37. The van der Waals surface area contributed by atoms with Crippen LogP contribution in [0.4, 0.5) is 5.69 Å². The average Bonchev–Trinajstić information content (AvgIpc) is 3.50. The van der Waals surface area contributed by atoms with Gasteiger partial charge in [0.25, 0.3) is 0 Å². The SMILES string of the molecule is COC(=O)c1ccc(Br)cc1.COC(=O)c1ccc(N2CCC(N(Cc3c(OC)cc(C)cc3OC)S(=O)(=O)c3ccc4ccccc4c3)CC2)cc1.COc1cc(C)ccc1CN(C1CCNCC1)S(=O)(=O)c1ccc2ccccc2c1. The number of halogens is 1. The van der Waals surface area contributed by atoms with E-state index in [0.717, 1.165) is 80.1 Å². The number of hydrogen-bond acceptors (Lipinski definition) is 13. The molecule has 0 aliphatic carbocycles. The van der Waals surface area contributed by atoms with Gasteiger partial charge in [0.15, 0.2) is 0 Å². The number of aryl methyl sites for hydroxylation is 2. The minimum atomic E-state index is -3.90. The van der Waals surface area contributed by atoms with Gasteiger partial charge in [0.2, 0.25) is 20.0 Å². The predicted molar refractivity (Wildman–Crippen MR) is 330 cm³/mol. The molecular formula is C65H71BrN4O11S2. The molecule has 10 rings (SSSR count). The summed E-state index contributed by atoms with van der Waals surface area (Å²) in [5.74, 6) is 1.22. The molecule has 0 aromatic heterocycles. The number of carbonyl (C=O) groups excluding carboxylic acids is 2. The van der Waals surface area contributed by atoms with Gasteiger partial charge in [0.05, 0.1) is 62.0 Å². The fourth-order valence-corrected chi connectivity index (χ4v) is 14.1. The van der Waals surface area contributed by atoms with Crippen LogP contribution in [0.3, 0.4) is 0 Å². The number of ether oxygens (including phenoxy) is 5. The number of anilines is 1. The molecule has 1 N–H and O–H groups in total. The zero-order valence-electron chi connectivity index (χ0n) is 47.8. The zero-order chi connectivity index (χ0) is 59.3. The van der Waals surface area contributed by atoms with Crippen molar-refractivity contribution in [1.82, 2.24) is 13.9 Å². The zero-order valence-corrected chi connectivity index (χ0v) is 51.1. The second-order valence-corrected chi connectivity index (χ2v) is 25.0. The normalized spacial score (nSPS) is 14.1. The third-order valence-electron chi connectivity index (χ3n) is 15.0. The summed E-state index contributed by atoms with van der Waals surface area (Å²) in [7, 11) is -0.0424. The molecule has 0 saturated carbocycles. The Morgan fingerprint density at radius 3 is 1.45 bits per heavy atom. The average molecular weight is 1230 g/mol. The van der Waals surface area contributed by atoms with E-state index < -0.39 is 20.0 Å². The largest absolute Gasteiger partial charge is 0.496 e. The third kappa shape index (κ3) is 15.1. The van der Waals surface area contributed by atoms with Crippen molar-refractivity contribution >= 4 is 75.1 Å². The van der Waals surface area contributed by atoms with Crippen LogP contribution in [0.15, 0.2) is 178 Å².